The first kappa shape index (κ1) is 7.69. The van der Waals surface area contributed by atoms with Gasteiger partial charge in [-0.15, -0.1) is 11.6 Å². The topological polar surface area (TPSA) is 26.3 Å². The molecule has 0 aromatic carbocycles. The lowest BCUT2D eigenvalue weighted by Gasteiger charge is -1.98. The summed E-state index contributed by atoms with van der Waals surface area (Å²) in [5.74, 6) is -1.26. The van der Waals surface area contributed by atoms with Gasteiger partial charge >= 0.3 is 5.97 Å². The molecule has 0 saturated heterocycles. The number of methoxy groups -OCH3 is 1. The van der Waals surface area contributed by atoms with Gasteiger partial charge in [0.05, 0.1) is 13.0 Å². The van der Waals surface area contributed by atoms with E-state index in [0.29, 0.717) is 0 Å². The molecule has 0 amide bonds. The number of hydrogen-bond donors (Lipinski definition) is 0. The van der Waals surface area contributed by atoms with E-state index in [2.05, 4.69) is 4.74 Å². The second kappa shape index (κ2) is 3.66. The van der Waals surface area contributed by atoms with Gasteiger partial charge < -0.3 is 4.74 Å². The number of halogens is 2. The van der Waals surface area contributed by atoms with Crippen molar-refractivity contribution >= 4 is 17.6 Å². The Balaban J connectivity index is 3.46. The largest absolute Gasteiger partial charge is 0.467 e. The molecule has 0 radical (unpaired) electrons. The number of alkyl halides is 2. The minimum Gasteiger partial charge on any atom is -0.467 e. The number of esters is 1. The molecule has 0 aliphatic rings. The zero-order valence-electron chi connectivity index (χ0n) is 4.36. The molecule has 0 bridgehead atoms. The summed E-state index contributed by atoms with van der Waals surface area (Å²) in [6.45, 7) is 0. The Labute approximate surface area is 51.6 Å². The quantitative estimate of drug-likeness (QED) is 0.418. The third kappa shape index (κ3) is 2.12. The molecule has 2 nitrogen and oxygen atoms in total. The second-order valence-corrected chi connectivity index (χ2v) is 1.45. The Morgan fingerprint density at radius 2 is 2.50 bits per heavy atom. The summed E-state index contributed by atoms with van der Waals surface area (Å²) in [5, 5.41) is 0. The lowest BCUT2D eigenvalue weighted by Crippen LogP contribution is -2.18. The molecule has 0 aliphatic carbocycles. The average Bonchev–Trinajstić information content (AvgIpc) is 1.84. The predicted molar refractivity (Wildman–Crippen MR) is 27.6 cm³/mol. The van der Waals surface area contributed by atoms with Crippen LogP contribution in [0.25, 0.3) is 0 Å². The Hall–Kier alpha value is -0.310. The maximum atomic E-state index is 11.9. The molecule has 0 N–H and O–H groups in total. The van der Waals surface area contributed by atoms with Crippen LogP contribution < -0.4 is 0 Å². The molecule has 48 valence electrons. The van der Waals surface area contributed by atoms with Crippen molar-refractivity contribution in [2.75, 3.05) is 13.0 Å². The summed E-state index contributed by atoms with van der Waals surface area (Å²) < 4.78 is 15.9. The first-order chi connectivity index (χ1) is 3.72. The third-order valence-corrected chi connectivity index (χ3v) is 0.863. The Morgan fingerprint density at radius 1 is 2.00 bits per heavy atom. The molecule has 0 heterocycles. The minimum absolute atomic E-state index is 0.341. The van der Waals surface area contributed by atoms with Gasteiger partial charge in [0, 0.05) is 0 Å². The van der Waals surface area contributed by atoms with Gasteiger partial charge in [0.25, 0.3) is 0 Å². The highest BCUT2D eigenvalue weighted by Crippen LogP contribution is 1.95. The fourth-order valence-corrected chi connectivity index (χ4v) is 0.317. The van der Waals surface area contributed by atoms with Crippen molar-refractivity contribution in [3.05, 3.63) is 0 Å². The standard InChI is InChI=1S/C4H6ClFO2/c1-8-4(7)3(6)2-5/h3H,2H2,1H3/t3-/m0/s1. The van der Waals surface area contributed by atoms with Crippen molar-refractivity contribution in [2.24, 2.45) is 0 Å². The van der Waals surface area contributed by atoms with Crippen LogP contribution in [0.4, 0.5) is 4.39 Å². The normalized spacial score (nSPS) is 12.9. The molecule has 4 heteroatoms. The van der Waals surface area contributed by atoms with E-state index >= 15 is 0 Å². The second-order valence-electron chi connectivity index (χ2n) is 1.14. The van der Waals surface area contributed by atoms with E-state index in [-0.39, 0.29) is 5.88 Å². The molecule has 0 rings (SSSR count). The van der Waals surface area contributed by atoms with Gasteiger partial charge in [-0.25, -0.2) is 9.18 Å². The Kier molecular flexibility index (Phi) is 3.52. The van der Waals surface area contributed by atoms with Gasteiger partial charge in [-0.2, -0.15) is 0 Å². The smallest absolute Gasteiger partial charge is 0.341 e. The van der Waals surface area contributed by atoms with Gasteiger partial charge in [0.15, 0.2) is 0 Å². The molecule has 0 saturated carbocycles. The molecule has 0 unspecified atom stereocenters. The van der Waals surface area contributed by atoms with E-state index in [1.54, 1.807) is 0 Å². The van der Waals surface area contributed by atoms with Crippen LogP contribution in [0, 0.1) is 0 Å². The number of carbonyl (C=O) groups is 1. The first-order valence-corrected chi connectivity index (χ1v) is 2.53. The molecular formula is C4H6ClFO2. The predicted octanol–water partition coefficient (Wildman–Crippen LogP) is 0.736. The summed E-state index contributed by atoms with van der Waals surface area (Å²) in [4.78, 5) is 10.1. The van der Waals surface area contributed by atoms with Crippen molar-refractivity contribution < 1.29 is 13.9 Å². The van der Waals surface area contributed by atoms with E-state index in [4.69, 9.17) is 11.6 Å². The summed E-state index contributed by atoms with van der Waals surface area (Å²) in [6, 6.07) is 0. The molecular weight excluding hydrogens is 134 g/mol. The van der Waals surface area contributed by atoms with Crippen molar-refractivity contribution in [3.8, 4) is 0 Å². The Bertz CT molecular complexity index is 86.1. The van der Waals surface area contributed by atoms with Crippen molar-refractivity contribution in [3.63, 3.8) is 0 Å². The summed E-state index contributed by atoms with van der Waals surface area (Å²) in [5.41, 5.74) is 0. The van der Waals surface area contributed by atoms with Crippen LogP contribution in [-0.4, -0.2) is 25.1 Å². The Morgan fingerprint density at radius 3 is 2.62 bits per heavy atom. The van der Waals surface area contributed by atoms with Gasteiger partial charge in [-0.1, -0.05) is 0 Å². The summed E-state index contributed by atoms with van der Waals surface area (Å²) in [7, 11) is 1.11. The maximum absolute atomic E-state index is 11.9. The van der Waals surface area contributed by atoms with Gasteiger partial charge in [0.2, 0.25) is 6.17 Å². The third-order valence-electron chi connectivity index (χ3n) is 0.592. The number of ether oxygens (including phenoxy) is 1. The van der Waals surface area contributed by atoms with Gasteiger partial charge in [-0.05, 0) is 0 Å². The fraction of sp³-hybridized carbons (Fsp3) is 0.750. The fourth-order valence-electron chi connectivity index (χ4n) is 0.191. The van der Waals surface area contributed by atoms with Crippen LogP contribution in [0.15, 0.2) is 0 Å². The number of hydrogen-bond acceptors (Lipinski definition) is 2. The van der Waals surface area contributed by atoms with Crippen LogP contribution >= 0.6 is 11.6 Å². The van der Waals surface area contributed by atoms with E-state index < -0.39 is 12.1 Å². The lowest BCUT2D eigenvalue weighted by atomic mass is 10.4. The zero-order valence-corrected chi connectivity index (χ0v) is 5.11. The van der Waals surface area contributed by atoms with Crippen molar-refractivity contribution in [1.82, 2.24) is 0 Å². The first-order valence-electron chi connectivity index (χ1n) is 2.00. The molecule has 0 aliphatic heterocycles. The molecule has 8 heavy (non-hydrogen) atoms. The van der Waals surface area contributed by atoms with E-state index in [9.17, 15) is 9.18 Å². The van der Waals surface area contributed by atoms with Crippen LogP contribution in [0.3, 0.4) is 0 Å². The van der Waals surface area contributed by atoms with Crippen molar-refractivity contribution in [1.29, 1.82) is 0 Å². The van der Waals surface area contributed by atoms with Gasteiger partial charge in [0.1, 0.15) is 0 Å². The minimum atomic E-state index is -1.68. The van der Waals surface area contributed by atoms with Gasteiger partial charge in [-0.3, -0.25) is 0 Å². The average molecular weight is 141 g/mol. The molecule has 0 fully saturated rings. The van der Waals surface area contributed by atoms with Crippen LogP contribution in [-0.2, 0) is 9.53 Å². The van der Waals surface area contributed by atoms with Crippen LogP contribution in [0.2, 0.25) is 0 Å². The molecule has 0 spiro atoms. The lowest BCUT2D eigenvalue weighted by molar-refractivity contribution is -0.145. The van der Waals surface area contributed by atoms with Crippen LogP contribution in [0.5, 0.6) is 0 Å². The monoisotopic (exact) mass is 140 g/mol. The molecule has 0 aromatic heterocycles. The van der Waals surface area contributed by atoms with Crippen LogP contribution in [0.1, 0.15) is 0 Å². The highest BCUT2D eigenvalue weighted by atomic mass is 35.5. The van der Waals surface area contributed by atoms with Crippen molar-refractivity contribution in [2.45, 2.75) is 6.17 Å². The van der Waals surface area contributed by atoms with E-state index in [0.717, 1.165) is 7.11 Å². The number of rotatable bonds is 2. The number of carbonyl (C=O) groups excluding carboxylic acids is 1. The summed E-state index contributed by atoms with van der Waals surface area (Å²) in [6.07, 6.45) is -1.68. The zero-order chi connectivity index (χ0) is 6.57. The molecule has 0 aromatic rings. The SMILES string of the molecule is COC(=O)[C@@H](F)CCl. The van der Waals surface area contributed by atoms with E-state index in [1.807, 2.05) is 0 Å². The summed E-state index contributed by atoms with van der Waals surface area (Å²) >= 11 is 4.95. The maximum Gasteiger partial charge on any atom is 0.341 e. The molecule has 1 atom stereocenters. The van der Waals surface area contributed by atoms with E-state index in [1.165, 1.54) is 0 Å². The highest BCUT2D eigenvalue weighted by Gasteiger charge is 2.14. The highest BCUT2D eigenvalue weighted by molar-refractivity contribution is 6.19.